The van der Waals surface area contributed by atoms with E-state index in [4.69, 9.17) is 9.47 Å². The Kier molecular flexibility index (Phi) is 4.89. The Bertz CT molecular complexity index is 973. The molecule has 0 fully saturated rings. The van der Waals surface area contributed by atoms with Crippen molar-refractivity contribution in [1.82, 2.24) is 9.97 Å². The molecule has 1 aromatic heterocycles. The van der Waals surface area contributed by atoms with Crippen LogP contribution in [-0.4, -0.2) is 30.9 Å². The van der Waals surface area contributed by atoms with Gasteiger partial charge in [0.25, 0.3) is 0 Å². The third-order valence-electron chi connectivity index (χ3n) is 4.40. The van der Waals surface area contributed by atoms with Crippen LogP contribution < -0.4 is 25.0 Å². The molecule has 0 saturated heterocycles. The highest BCUT2D eigenvalue weighted by Crippen LogP contribution is 2.32. The Hall–Kier alpha value is -3.48. The van der Waals surface area contributed by atoms with E-state index < -0.39 is 0 Å². The first kappa shape index (κ1) is 17.9. The van der Waals surface area contributed by atoms with Crippen molar-refractivity contribution in [3.8, 4) is 11.5 Å². The SMILES string of the molecule is Cc1cc(Nc2ccc(N(C)C)cc2)nc(NCc2ccc3c(c2)OCO3)n1. The summed E-state index contributed by atoms with van der Waals surface area (Å²) < 4.78 is 10.8. The zero-order valence-corrected chi connectivity index (χ0v) is 16.2. The van der Waals surface area contributed by atoms with Gasteiger partial charge in [0.15, 0.2) is 11.5 Å². The summed E-state index contributed by atoms with van der Waals surface area (Å²) in [5.41, 5.74) is 4.08. The van der Waals surface area contributed by atoms with Gasteiger partial charge in [-0.25, -0.2) is 4.98 Å². The van der Waals surface area contributed by atoms with Crippen LogP contribution in [0.5, 0.6) is 11.5 Å². The minimum atomic E-state index is 0.276. The Morgan fingerprint density at radius 3 is 2.54 bits per heavy atom. The molecular weight excluding hydrogens is 354 g/mol. The fourth-order valence-corrected chi connectivity index (χ4v) is 2.93. The first-order valence-corrected chi connectivity index (χ1v) is 9.09. The summed E-state index contributed by atoms with van der Waals surface area (Å²) in [7, 11) is 4.04. The number of nitrogens with one attached hydrogen (secondary N) is 2. The molecule has 7 heteroatoms. The van der Waals surface area contributed by atoms with Gasteiger partial charge in [0.05, 0.1) is 0 Å². The molecule has 3 aromatic rings. The lowest BCUT2D eigenvalue weighted by atomic mass is 10.2. The molecule has 0 bridgehead atoms. The van der Waals surface area contributed by atoms with Crippen LogP contribution in [0.15, 0.2) is 48.5 Å². The normalized spacial score (nSPS) is 12.0. The molecule has 2 heterocycles. The monoisotopic (exact) mass is 377 g/mol. The molecule has 0 saturated carbocycles. The Balaban J connectivity index is 1.44. The molecule has 2 N–H and O–H groups in total. The smallest absolute Gasteiger partial charge is 0.231 e. The minimum Gasteiger partial charge on any atom is -0.454 e. The average Bonchev–Trinajstić information content (AvgIpc) is 3.14. The van der Waals surface area contributed by atoms with Crippen LogP contribution in [-0.2, 0) is 6.54 Å². The Morgan fingerprint density at radius 2 is 1.75 bits per heavy atom. The van der Waals surface area contributed by atoms with Crippen molar-refractivity contribution < 1.29 is 9.47 Å². The molecular formula is C21H23N5O2. The highest BCUT2D eigenvalue weighted by Gasteiger charge is 2.13. The standard InChI is InChI=1S/C21H23N5O2/c1-14-10-20(24-16-5-7-17(8-6-16)26(2)3)25-21(23-14)22-12-15-4-9-18-19(11-15)28-13-27-18/h4-11H,12-13H2,1-3H3,(H2,22,23,24,25). The molecule has 7 nitrogen and oxygen atoms in total. The minimum absolute atomic E-state index is 0.276. The second kappa shape index (κ2) is 7.64. The molecule has 28 heavy (non-hydrogen) atoms. The number of anilines is 4. The summed E-state index contributed by atoms with van der Waals surface area (Å²) in [5.74, 6) is 2.87. The number of hydrogen-bond acceptors (Lipinski definition) is 7. The van der Waals surface area contributed by atoms with Crippen LogP contribution in [0.3, 0.4) is 0 Å². The van der Waals surface area contributed by atoms with Gasteiger partial charge < -0.3 is 25.0 Å². The quantitative estimate of drug-likeness (QED) is 0.674. The number of fused-ring (bicyclic) bond motifs is 1. The van der Waals surface area contributed by atoms with Crippen molar-refractivity contribution in [2.45, 2.75) is 13.5 Å². The summed E-state index contributed by atoms with van der Waals surface area (Å²) in [4.78, 5) is 11.1. The van der Waals surface area contributed by atoms with Gasteiger partial charge in [0.2, 0.25) is 12.7 Å². The van der Waals surface area contributed by atoms with E-state index >= 15 is 0 Å². The molecule has 0 atom stereocenters. The molecule has 0 spiro atoms. The fraction of sp³-hybridized carbons (Fsp3) is 0.238. The fourth-order valence-electron chi connectivity index (χ4n) is 2.93. The van der Waals surface area contributed by atoms with E-state index in [2.05, 4.69) is 37.6 Å². The van der Waals surface area contributed by atoms with Crippen LogP contribution in [0.1, 0.15) is 11.3 Å². The number of aromatic nitrogens is 2. The van der Waals surface area contributed by atoms with E-state index in [9.17, 15) is 0 Å². The van der Waals surface area contributed by atoms with Gasteiger partial charge in [0.1, 0.15) is 5.82 Å². The van der Waals surface area contributed by atoms with Gasteiger partial charge in [-0.05, 0) is 48.9 Å². The maximum Gasteiger partial charge on any atom is 0.231 e. The number of hydrogen-bond donors (Lipinski definition) is 2. The van der Waals surface area contributed by atoms with E-state index in [-0.39, 0.29) is 6.79 Å². The zero-order chi connectivity index (χ0) is 19.5. The van der Waals surface area contributed by atoms with E-state index in [1.54, 1.807) is 0 Å². The summed E-state index contributed by atoms with van der Waals surface area (Å²) in [6.07, 6.45) is 0. The molecule has 2 aromatic carbocycles. The lowest BCUT2D eigenvalue weighted by Gasteiger charge is -2.14. The van der Waals surface area contributed by atoms with Gasteiger partial charge >= 0.3 is 0 Å². The lowest BCUT2D eigenvalue weighted by molar-refractivity contribution is 0.174. The van der Waals surface area contributed by atoms with Crippen LogP contribution in [0, 0.1) is 6.92 Å². The van der Waals surface area contributed by atoms with Gasteiger partial charge in [-0.1, -0.05) is 6.07 Å². The summed E-state index contributed by atoms with van der Waals surface area (Å²) in [6.45, 7) is 2.82. The summed E-state index contributed by atoms with van der Waals surface area (Å²) in [5, 5.41) is 6.62. The van der Waals surface area contributed by atoms with Gasteiger partial charge in [-0.2, -0.15) is 4.98 Å². The summed E-state index contributed by atoms with van der Waals surface area (Å²) in [6, 6.07) is 16.0. The van der Waals surface area contributed by atoms with Crippen molar-refractivity contribution in [3.63, 3.8) is 0 Å². The number of benzene rings is 2. The molecule has 0 radical (unpaired) electrons. The number of nitrogens with zero attached hydrogens (tertiary/aromatic N) is 3. The van der Waals surface area contributed by atoms with Crippen LogP contribution in [0.4, 0.5) is 23.1 Å². The second-order valence-corrected chi connectivity index (χ2v) is 6.83. The van der Waals surface area contributed by atoms with Crippen molar-refractivity contribution in [1.29, 1.82) is 0 Å². The highest BCUT2D eigenvalue weighted by atomic mass is 16.7. The molecule has 4 rings (SSSR count). The predicted molar refractivity (Wildman–Crippen MR) is 111 cm³/mol. The first-order valence-electron chi connectivity index (χ1n) is 9.09. The topological polar surface area (TPSA) is 71.5 Å². The predicted octanol–water partition coefficient (Wildman–Crippen LogP) is 3.94. The Morgan fingerprint density at radius 1 is 0.964 bits per heavy atom. The van der Waals surface area contributed by atoms with Crippen molar-refractivity contribution in [2.75, 3.05) is 36.4 Å². The van der Waals surface area contributed by atoms with Crippen LogP contribution in [0.2, 0.25) is 0 Å². The van der Waals surface area contributed by atoms with E-state index in [0.29, 0.717) is 12.5 Å². The van der Waals surface area contributed by atoms with Crippen molar-refractivity contribution >= 4 is 23.1 Å². The van der Waals surface area contributed by atoms with Crippen molar-refractivity contribution in [2.24, 2.45) is 0 Å². The first-order chi connectivity index (χ1) is 13.6. The Labute approximate surface area is 164 Å². The van der Waals surface area contributed by atoms with E-state index in [1.165, 1.54) is 0 Å². The third-order valence-corrected chi connectivity index (χ3v) is 4.40. The lowest BCUT2D eigenvalue weighted by Crippen LogP contribution is -2.08. The van der Waals surface area contributed by atoms with Crippen LogP contribution >= 0.6 is 0 Å². The number of aryl methyl sites for hydroxylation is 1. The average molecular weight is 377 g/mol. The molecule has 0 unspecified atom stereocenters. The molecule has 0 aliphatic carbocycles. The van der Waals surface area contributed by atoms with Crippen LogP contribution in [0.25, 0.3) is 0 Å². The van der Waals surface area contributed by atoms with Gasteiger partial charge in [0, 0.05) is 43.8 Å². The molecule has 1 aliphatic rings. The largest absolute Gasteiger partial charge is 0.454 e. The van der Waals surface area contributed by atoms with Crippen molar-refractivity contribution in [3.05, 3.63) is 59.8 Å². The number of ether oxygens (including phenoxy) is 2. The second-order valence-electron chi connectivity index (χ2n) is 6.83. The van der Waals surface area contributed by atoms with Gasteiger partial charge in [-0.15, -0.1) is 0 Å². The third kappa shape index (κ3) is 4.09. The molecule has 0 amide bonds. The zero-order valence-electron chi connectivity index (χ0n) is 16.2. The summed E-state index contributed by atoms with van der Waals surface area (Å²) >= 11 is 0. The van der Waals surface area contributed by atoms with E-state index in [0.717, 1.165) is 39.9 Å². The molecule has 1 aliphatic heterocycles. The highest BCUT2D eigenvalue weighted by molar-refractivity contribution is 5.61. The maximum atomic E-state index is 5.42. The maximum absolute atomic E-state index is 5.42. The molecule has 144 valence electrons. The van der Waals surface area contributed by atoms with E-state index in [1.807, 2.05) is 57.4 Å². The number of rotatable bonds is 6. The van der Waals surface area contributed by atoms with Gasteiger partial charge in [-0.3, -0.25) is 0 Å².